The SMILES string of the molecule is CC(C)NC(=O)C1COCCN1CC1CCCNC1. The Morgan fingerprint density at radius 1 is 1.53 bits per heavy atom. The van der Waals surface area contributed by atoms with Crippen LogP contribution in [0.1, 0.15) is 26.7 Å². The monoisotopic (exact) mass is 269 g/mol. The molecule has 0 radical (unpaired) electrons. The molecule has 110 valence electrons. The maximum Gasteiger partial charge on any atom is 0.239 e. The summed E-state index contributed by atoms with van der Waals surface area (Å²) in [4.78, 5) is 14.5. The fraction of sp³-hybridized carbons (Fsp3) is 0.929. The molecule has 0 aliphatic carbocycles. The summed E-state index contributed by atoms with van der Waals surface area (Å²) in [7, 11) is 0. The lowest BCUT2D eigenvalue weighted by Gasteiger charge is -2.38. The minimum atomic E-state index is -0.113. The van der Waals surface area contributed by atoms with Crippen molar-refractivity contribution in [2.45, 2.75) is 38.8 Å². The van der Waals surface area contributed by atoms with Gasteiger partial charge < -0.3 is 15.4 Å². The number of hydrogen-bond acceptors (Lipinski definition) is 4. The zero-order chi connectivity index (χ0) is 13.7. The Balaban J connectivity index is 1.89. The fourth-order valence-electron chi connectivity index (χ4n) is 2.89. The van der Waals surface area contributed by atoms with E-state index in [0.29, 0.717) is 12.5 Å². The average molecular weight is 269 g/mol. The highest BCUT2D eigenvalue weighted by Gasteiger charge is 2.31. The molecule has 0 aromatic heterocycles. The summed E-state index contributed by atoms with van der Waals surface area (Å²) in [6.45, 7) is 9.35. The van der Waals surface area contributed by atoms with Crippen LogP contribution in [0, 0.1) is 5.92 Å². The van der Waals surface area contributed by atoms with E-state index in [4.69, 9.17) is 4.74 Å². The van der Waals surface area contributed by atoms with E-state index in [1.54, 1.807) is 0 Å². The molecule has 0 saturated carbocycles. The van der Waals surface area contributed by atoms with Crippen molar-refractivity contribution in [1.29, 1.82) is 0 Å². The highest BCUT2D eigenvalue weighted by Crippen LogP contribution is 2.16. The van der Waals surface area contributed by atoms with Crippen molar-refractivity contribution >= 4 is 5.91 Å². The summed E-state index contributed by atoms with van der Waals surface area (Å²) in [5, 5.41) is 6.45. The second kappa shape index (κ2) is 7.22. The first-order chi connectivity index (χ1) is 9.16. The largest absolute Gasteiger partial charge is 0.378 e. The Morgan fingerprint density at radius 3 is 3.05 bits per heavy atom. The third kappa shape index (κ3) is 4.44. The van der Waals surface area contributed by atoms with Gasteiger partial charge in [0.1, 0.15) is 6.04 Å². The molecule has 1 amide bonds. The Bertz CT molecular complexity index is 290. The summed E-state index contributed by atoms with van der Waals surface area (Å²) < 4.78 is 5.49. The highest BCUT2D eigenvalue weighted by molar-refractivity contribution is 5.82. The van der Waals surface area contributed by atoms with Crippen molar-refractivity contribution in [3.05, 3.63) is 0 Å². The van der Waals surface area contributed by atoms with Gasteiger partial charge in [-0.25, -0.2) is 0 Å². The second-order valence-corrected chi connectivity index (χ2v) is 5.96. The molecule has 2 unspecified atom stereocenters. The fourth-order valence-corrected chi connectivity index (χ4v) is 2.89. The third-order valence-corrected chi connectivity index (χ3v) is 3.86. The lowest BCUT2D eigenvalue weighted by molar-refractivity contribution is -0.133. The zero-order valence-corrected chi connectivity index (χ0v) is 12.2. The number of morpholine rings is 1. The van der Waals surface area contributed by atoms with E-state index in [-0.39, 0.29) is 18.0 Å². The van der Waals surface area contributed by atoms with E-state index >= 15 is 0 Å². The number of amides is 1. The van der Waals surface area contributed by atoms with Crippen molar-refractivity contribution in [2.75, 3.05) is 39.4 Å². The van der Waals surface area contributed by atoms with Crippen molar-refractivity contribution in [3.8, 4) is 0 Å². The number of nitrogens with one attached hydrogen (secondary N) is 2. The highest BCUT2D eigenvalue weighted by atomic mass is 16.5. The first-order valence-corrected chi connectivity index (χ1v) is 7.49. The Morgan fingerprint density at radius 2 is 2.37 bits per heavy atom. The molecule has 5 heteroatoms. The molecule has 2 rings (SSSR count). The predicted octanol–water partition coefficient (Wildman–Crippen LogP) is 0.211. The van der Waals surface area contributed by atoms with Gasteiger partial charge in [-0.3, -0.25) is 9.69 Å². The van der Waals surface area contributed by atoms with Crippen LogP contribution in [0.25, 0.3) is 0 Å². The van der Waals surface area contributed by atoms with Crippen LogP contribution in [-0.4, -0.2) is 62.3 Å². The second-order valence-electron chi connectivity index (χ2n) is 5.96. The Labute approximate surface area is 116 Å². The molecule has 0 spiro atoms. The van der Waals surface area contributed by atoms with Gasteiger partial charge in [0, 0.05) is 19.1 Å². The maximum atomic E-state index is 12.2. The van der Waals surface area contributed by atoms with Gasteiger partial charge in [0.05, 0.1) is 13.2 Å². The van der Waals surface area contributed by atoms with Crippen molar-refractivity contribution < 1.29 is 9.53 Å². The lowest BCUT2D eigenvalue weighted by Crippen LogP contribution is -2.56. The molecule has 2 fully saturated rings. The molecular weight excluding hydrogens is 242 g/mol. The van der Waals surface area contributed by atoms with Gasteiger partial charge in [0.15, 0.2) is 0 Å². The molecule has 0 aromatic carbocycles. The maximum absolute atomic E-state index is 12.2. The summed E-state index contributed by atoms with van der Waals surface area (Å²) in [6, 6.07) is 0.0747. The van der Waals surface area contributed by atoms with Crippen molar-refractivity contribution in [3.63, 3.8) is 0 Å². The molecule has 5 nitrogen and oxygen atoms in total. The van der Waals surface area contributed by atoms with Crippen LogP contribution >= 0.6 is 0 Å². The van der Waals surface area contributed by atoms with E-state index in [1.807, 2.05) is 13.8 Å². The zero-order valence-electron chi connectivity index (χ0n) is 12.2. The van der Waals surface area contributed by atoms with Crippen LogP contribution in [0.5, 0.6) is 0 Å². The minimum Gasteiger partial charge on any atom is -0.378 e. The van der Waals surface area contributed by atoms with Gasteiger partial charge >= 0.3 is 0 Å². The van der Waals surface area contributed by atoms with Gasteiger partial charge in [-0.15, -0.1) is 0 Å². The van der Waals surface area contributed by atoms with Crippen LogP contribution in [0.3, 0.4) is 0 Å². The van der Waals surface area contributed by atoms with E-state index in [9.17, 15) is 4.79 Å². The molecule has 2 saturated heterocycles. The number of ether oxygens (including phenoxy) is 1. The molecule has 0 bridgehead atoms. The summed E-state index contributed by atoms with van der Waals surface area (Å²) in [5.74, 6) is 0.777. The van der Waals surface area contributed by atoms with Crippen molar-refractivity contribution in [2.24, 2.45) is 5.92 Å². The minimum absolute atomic E-state index is 0.110. The normalized spacial score (nSPS) is 29.4. The summed E-state index contributed by atoms with van der Waals surface area (Å²) in [5.41, 5.74) is 0. The molecule has 2 aliphatic heterocycles. The molecule has 2 atom stereocenters. The molecule has 2 heterocycles. The molecule has 19 heavy (non-hydrogen) atoms. The van der Waals surface area contributed by atoms with Gasteiger partial charge in [-0.2, -0.15) is 0 Å². The van der Waals surface area contributed by atoms with E-state index < -0.39 is 0 Å². The van der Waals surface area contributed by atoms with Crippen LogP contribution < -0.4 is 10.6 Å². The van der Waals surface area contributed by atoms with Crippen molar-refractivity contribution in [1.82, 2.24) is 15.5 Å². The summed E-state index contributed by atoms with van der Waals surface area (Å²) >= 11 is 0. The number of carbonyl (C=O) groups excluding carboxylic acids is 1. The van der Waals surface area contributed by atoms with Crippen LogP contribution in [0.2, 0.25) is 0 Å². The first-order valence-electron chi connectivity index (χ1n) is 7.49. The lowest BCUT2D eigenvalue weighted by atomic mass is 9.98. The van der Waals surface area contributed by atoms with Crippen LogP contribution in [0.15, 0.2) is 0 Å². The molecule has 0 aromatic rings. The molecular formula is C14H27N3O2. The van der Waals surface area contributed by atoms with E-state index in [1.165, 1.54) is 12.8 Å². The first kappa shape index (κ1) is 14.8. The molecule has 2 N–H and O–H groups in total. The topological polar surface area (TPSA) is 53.6 Å². The molecule has 2 aliphatic rings. The number of piperidine rings is 1. The third-order valence-electron chi connectivity index (χ3n) is 3.86. The smallest absolute Gasteiger partial charge is 0.239 e. The van der Waals surface area contributed by atoms with Gasteiger partial charge in [0.25, 0.3) is 0 Å². The van der Waals surface area contributed by atoms with Gasteiger partial charge in [-0.1, -0.05) is 0 Å². The van der Waals surface area contributed by atoms with E-state index in [2.05, 4.69) is 15.5 Å². The predicted molar refractivity (Wildman–Crippen MR) is 75.1 cm³/mol. The number of nitrogens with zero attached hydrogens (tertiary/aromatic N) is 1. The number of rotatable bonds is 4. The standard InChI is InChI=1S/C14H27N3O2/c1-11(2)16-14(18)13-10-19-7-6-17(13)9-12-4-3-5-15-8-12/h11-13,15H,3-10H2,1-2H3,(H,16,18). The average Bonchev–Trinajstić information content (AvgIpc) is 2.39. The van der Waals surface area contributed by atoms with Gasteiger partial charge in [0.2, 0.25) is 5.91 Å². The van der Waals surface area contributed by atoms with E-state index in [0.717, 1.165) is 32.8 Å². The Hall–Kier alpha value is -0.650. The van der Waals surface area contributed by atoms with Crippen LogP contribution in [-0.2, 0) is 9.53 Å². The van der Waals surface area contributed by atoms with Gasteiger partial charge in [-0.05, 0) is 45.7 Å². The quantitative estimate of drug-likeness (QED) is 0.766. The summed E-state index contributed by atoms with van der Waals surface area (Å²) in [6.07, 6.45) is 2.51. The Kier molecular flexibility index (Phi) is 5.60. The van der Waals surface area contributed by atoms with Crippen LogP contribution in [0.4, 0.5) is 0 Å². The number of hydrogen-bond donors (Lipinski definition) is 2. The number of carbonyl (C=O) groups is 1.